The lowest BCUT2D eigenvalue weighted by molar-refractivity contribution is -0.117. The Morgan fingerprint density at radius 1 is 1.00 bits per heavy atom. The number of carbonyl (C=O) groups is 2. The number of hydrogen-bond donors (Lipinski definition) is 3. The number of carbonyl (C=O) groups excluding carboxylic acids is 2. The van der Waals surface area contributed by atoms with Crippen LogP contribution in [-0.4, -0.2) is 16.8 Å². The predicted octanol–water partition coefficient (Wildman–Crippen LogP) is 3.25. The topological polar surface area (TPSA) is 97.1 Å². The van der Waals surface area contributed by atoms with Crippen molar-refractivity contribution in [2.75, 3.05) is 16.4 Å². The van der Waals surface area contributed by atoms with Gasteiger partial charge in [0.05, 0.1) is 18.3 Å². The van der Waals surface area contributed by atoms with Crippen molar-refractivity contribution in [3.63, 3.8) is 0 Å². The zero-order valence-electron chi connectivity index (χ0n) is 14.3. The smallest absolute Gasteiger partial charge is 0.230 e. The van der Waals surface area contributed by atoms with Gasteiger partial charge in [0, 0.05) is 23.5 Å². The number of rotatable bonds is 6. The van der Waals surface area contributed by atoms with Crippen LogP contribution >= 0.6 is 12.4 Å². The van der Waals surface area contributed by atoms with Gasteiger partial charge in [-0.2, -0.15) is 0 Å². The lowest BCUT2D eigenvalue weighted by atomic mass is 10.1. The molecular weight excluding hydrogens is 340 g/mol. The molecule has 1 heterocycles. The first-order valence-electron chi connectivity index (χ1n) is 7.82. The molecule has 0 unspecified atom stereocenters. The number of nitrogens with two attached hydrogens (primary N) is 1. The molecule has 25 heavy (non-hydrogen) atoms. The molecule has 2 rings (SSSR count). The van der Waals surface area contributed by atoms with Gasteiger partial charge in [-0.3, -0.25) is 14.6 Å². The summed E-state index contributed by atoms with van der Waals surface area (Å²) in [7, 11) is 0. The Morgan fingerprint density at radius 2 is 1.56 bits per heavy atom. The number of nitrogens with zero attached hydrogens (tertiary/aromatic N) is 1. The lowest BCUT2D eigenvalue weighted by Crippen LogP contribution is -2.16. The van der Waals surface area contributed by atoms with Crippen molar-refractivity contribution in [1.82, 2.24) is 4.98 Å². The van der Waals surface area contributed by atoms with E-state index in [0.29, 0.717) is 35.1 Å². The molecule has 0 aliphatic rings. The van der Waals surface area contributed by atoms with Crippen LogP contribution in [-0.2, 0) is 16.0 Å². The van der Waals surface area contributed by atoms with Crippen LogP contribution in [0.15, 0.2) is 42.6 Å². The first kappa shape index (κ1) is 20.4. The fourth-order valence-electron chi connectivity index (χ4n) is 2.13. The summed E-state index contributed by atoms with van der Waals surface area (Å²) >= 11 is 0. The largest absolute Gasteiger partial charge is 0.397 e. The van der Waals surface area contributed by atoms with Gasteiger partial charge >= 0.3 is 0 Å². The quantitative estimate of drug-likeness (QED) is 0.734. The summed E-state index contributed by atoms with van der Waals surface area (Å²) in [4.78, 5) is 27.8. The maximum absolute atomic E-state index is 12.0. The van der Waals surface area contributed by atoms with Gasteiger partial charge in [-0.25, -0.2) is 0 Å². The van der Waals surface area contributed by atoms with Crippen molar-refractivity contribution in [3.05, 3.63) is 48.3 Å². The molecule has 2 aromatic rings. The third kappa shape index (κ3) is 7.22. The number of halogens is 1. The molecule has 134 valence electrons. The van der Waals surface area contributed by atoms with E-state index >= 15 is 0 Å². The predicted molar refractivity (Wildman–Crippen MR) is 103 cm³/mol. The van der Waals surface area contributed by atoms with E-state index in [9.17, 15) is 9.59 Å². The van der Waals surface area contributed by atoms with Gasteiger partial charge in [0.15, 0.2) is 0 Å². The number of benzene rings is 1. The normalized spacial score (nSPS) is 10.0. The Labute approximate surface area is 153 Å². The molecule has 0 bridgehead atoms. The van der Waals surface area contributed by atoms with E-state index in [-0.39, 0.29) is 30.6 Å². The number of hydrogen-bond acceptors (Lipinski definition) is 4. The maximum atomic E-state index is 12.0. The highest BCUT2D eigenvalue weighted by atomic mass is 35.5. The third-order valence-corrected chi connectivity index (χ3v) is 3.24. The minimum absolute atomic E-state index is 0. The molecule has 0 fully saturated rings. The van der Waals surface area contributed by atoms with E-state index < -0.39 is 0 Å². The number of anilines is 3. The summed E-state index contributed by atoms with van der Waals surface area (Å²) in [5, 5.41) is 5.62. The molecule has 0 aliphatic heterocycles. The van der Waals surface area contributed by atoms with Gasteiger partial charge in [0.1, 0.15) is 0 Å². The Balaban J connectivity index is 0.00000312. The average Bonchev–Trinajstić information content (AvgIpc) is 2.51. The second-order valence-corrected chi connectivity index (χ2v) is 6.03. The lowest BCUT2D eigenvalue weighted by Gasteiger charge is -2.09. The molecule has 0 aliphatic carbocycles. The standard InChI is InChI=1S/C18H22N4O2.ClH/c1-12(2)9-17(23)21-14-5-7-15(8-6-14)22-18(24)10-16-4-3-13(19)11-20-16;/h3-8,11-12H,9-10,19H2,1-2H3,(H,21,23)(H,22,24);1H. The molecule has 0 saturated carbocycles. The summed E-state index contributed by atoms with van der Waals surface area (Å²) in [6, 6.07) is 10.5. The van der Waals surface area contributed by atoms with Gasteiger partial charge in [-0.15, -0.1) is 12.4 Å². The van der Waals surface area contributed by atoms with Gasteiger partial charge < -0.3 is 16.4 Å². The van der Waals surface area contributed by atoms with Gasteiger partial charge in [-0.05, 0) is 42.3 Å². The van der Waals surface area contributed by atoms with Crippen LogP contribution in [0.25, 0.3) is 0 Å². The van der Waals surface area contributed by atoms with E-state index in [1.807, 2.05) is 13.8 Å². The summed E-state index contributed by atoms with van der Waals surface area (Å²) in [6.07, 6.45) is 2.18. The van der Waals surface area contributed by atoms with E-state index in [2.05, 4.69) is 15.6 Å². The van der Waals surface area contributed by atoms with Gasteiger partial charge in [0.2, 0.25) is 11.8 Å². The SMILES string of the molecule is CC(C)CC(=O)Nc1ccc(NC(=O)Cc2ccc(N)cn2)cc1.Cl. The van der Waals surface area contributed by atoms with Crippen molar-refractivity contribution in [1.29, 1.82) is 0 Å². The zero-order chi connectivity index (χ0) is 17.5. The third-order valence-electron chi connectivity index (χ3n) is 3.24. The number of nitrogen functional groups attached to an aromatic ring is 1. The summed E-state index contributed by atoms with van der Waals surface area (Å²) < 4.78 is 0. The van der Waals surface area contributed by atoms with E-state index in [1.165, 1.54) is 6.20 Å². The van der Waals surface area contributed by atoms with Crippen molar-refractivity contribution in [3.8, 4) is 0 Å². The Kier molecular flexibility index (Phi) is 7.88. The summed E-state index contributed by atoms with van der Waals surface area (Å²) in [5.74, 6) is 0.130. The summed E-state index contributed by atoms with van der Waals surface area (Å²) in [5.41, 5.74) is 8.15. The fraction of sp³-hybridized carbons (Fsp3) is 0.278. The van der Waals surface area contributed by atoms with Crippen LogP contribution in [0.4, 0.5) is 17.1 Å². The van der Waals surface area contributed by atoms with Crippen LogP contribution in [0.1, 0.15) is 26.0 Å². The fourth-order valence-corrected chi connectivity index (χ4v) is 2.13. The number of aromatic nitrogens is 1. The molecule has 7 heteroatoms. The highest BCUT2D eigenvalue weighted by molar-refractivity contribution is 5.93. The molecule has 4 N–H and O–H groups in total. The molecule has 1 aromatic heterocycles. The van der Waals surface area contributed by atoms with Crippen molar-refractivity contribution in [2.45, 2.75) is 26.7 Å². The van der Waals surface area contributed by atoms with E-state index in [0.717, 1.165) is 0 Å². The van der Waals surface area contributed by atoms with E-state index in [1.54, 1.807) is 36.4 Å². The van der Waals surface area contributed by atoms with Crippen molar-refractivity contribution in [2.24, 2.45) is 5.92 Å². The maximum Gasteiger partial charge on any atom is 0.230 e. The molecule has 6 nitrogen and oxygen atoms in total. The van der Waals surface area contributed by atoms with Crippen LogP contribution in [0.5, 0.6) is 0 Å². The van der Waals surface area contributed by atoms with Crippen molar-refractivity contribution >= 4 is 41.3 Å². The van der Waals surface area contributed by atoms with Gasteiger partial charge in [0.25, 0.3) is 0 Å². The highest BCUT2D eigenvalue weighted by Gasteiger charge is 2.07. The Hall–Kier alpha value is -2.60. The Morgan fingerprint density at radius 3 is 2.04 bits per heavy atom. The van der Waals surface area contributed by atoms with Crippen LogP contribution in [0.2, 0.25) is 0 Å². The highest BCUT2D eigenvalue weighted by Crippen LogP contribution is 2.15. The molecule has 0 spiro atoms. The summed E-state index contributed by atoms with van der Waals surface area (Å²) in [6.45, 7) is 3.99. The van der Waals surface area contributed by atoms with Crippen molar-refractivity contribution < 1.29 is 9.59 Å². The van der Waals surface area contributed by atoms with Crippen LogP contribution in [0.3, 0.4) is 0 Å². The number of amides is 2. The minimum atomic E-state index is -0.163. The Bertz CT molecular complexity index is 700. The van der Waals surface area contributed by atoms with Crippen LogP contribution < -0.4 is 16.4 Å². The molecule has 1 aromatic carbocycles. The number of nitrogens with one attached hydrogen (secondary N) is 2. The zero-order valence-corrected chi connectivity index (χ0v) is 15.1. The second-order valence-electron chi connectivity index (χ2n) is 6.03. The minimum Gasteiger partial charge on any atom is -0.397 e. The molecular formula is C18H23ClN4O2. The first-order valence-corrected chi connectivity index (χ1v) is 7.82. The number of pyridine rings is 1. The van der Waals surface area contributed by atoms with E-state index in [4.69, 9.17) is 5.73 Å². The van der Waals surface area contributed by atoms with Crippen LogP contribution in [0, 0.1) is 5.92 Å². The second kappa shape index (κ2) is 9.64. The first-order chi connectivity index (χ1) is 11.4. The molecule has 0 atom stereocenters. The average molecular weight is 363 g/mol. The molecule has 2 amide bonds. The molecule has 0 radical (unpaired) electrons. The monoisotopic (exact) mass is 362 g/mol. The molecule has 0 saturated heterocycles. The van der Waals surface area contributed by atoms with Gasteiger partial charge in [-0.1, -0.05) is 13.8 Å².